The standard InChI is InChI=1S/C16H24ClNO/c1-4-15(14-9-6-5-7-10-14)16(19)18(13(2)3)12-8-11-17/h5-7,9-10,13,15H,4,8,11-12H2,1-3H3. The lowest BCUT2D eigenvalue weighted by Crippen LogP contribution is -2.40. The average molecular weight is 282 g/mol. The SMILES string of the molecule is CCC(C(=O)N(CCCCl)C(C)C)c1ccccc1. The molecule has 0 bridgehead atoms. The highest BCUT2D eigenvalue weighted by Crippen LogP contribution is 2.23. The van der Waals surface area contributed by atoms with Crippen LogP contribution in [0.3, 0.4) is 0 Å². The van der Waals surface area contributed by atoms with E-state index in [1.165, 1.54) is 0 Å². The van der Waals surface area contributed by atoms with Crippen LogP contribution in [0.4, 0.5) is 0 Å². The van der Waals surface area contributed by atoms with Crippen molar-refractivity contribution in [1.82, 2.24) is 4.90 Å². The highest BCUT2D eigenvalue weighted by molar-refractivity contribution is 6.17. The van der Waals surface area contributed by atoms with Crippen molar-refractivity contribution in [2.24, 2.45) is 0 Å². The van der Waals surface area contributed by atoms with Crippen molar-refractivity contribution in [1.29, 1.82) is 0 Å². The summed E-state index contributed by atoms with van der Waals surface area (Å²) in [6.07, 6.45) is 1.67. The van der Waals surface area contributed by atoms with E-state index in [-0.39, 0.29) is 17.9 Å². The van der Waals surface area contributed by atoms with Crippen LogP contribution in [-0.2, 0) is 4.79 Å². The van der Waals surface area contributed by atoms with Gasteiger partial charge in [0.05, 0.1) is 5.92 Å². The first-order valence-electron chi connectivity index (χ1n) is 7.03. The first kappa shape index (κ1) is 16.0. The van der Waals surface area contributed by atoms with Gasteiger partial charge in [-0.05, 0) is 32.3 Å². The fraction of sp³-hybridized carbons (Fsp3) is 0.562. The zero-order valence-electron chi connectivity index (χ0n) is 12.1. The van der Waals surface area contributed by atoms with E-state index in [0.29, 0.717) is 5.88 Å². The Bertz CT molecular complexity index is 378. The molecule has 1 amide bonds. The zero-order valence-corrected chi connectivity index (χ0v) is 12.9. The fourth-order valence-electron chi connectivity index (χ4n) is 2.29. The van der Waals surface area contributed by atoms with E-state index in [2.05, 4.69) is 20.8 Å². The lowest BCUT2D eigenvalue weighted by Gasteiger charge is -2.30. The summed E-state index contributed by atoms with van der Waals surface area (Å²) in [6.45, 7) is 6.92. The number of halogens is 1. The molecule has 19 heavy (non-hydrogen) atoms. The van der Waals surface area contributed by atoms with Crippen molar-refractivity contribution in [3.05, 3.63) is 35.9 Å². The number of benzene rings is 1. The van der Waals surface area contributed by atoms with Gasteiger partial charge in [-0.25, -0.2) is 0 Å². The van der Waals surface area contributed by atoms with Crippen LogP contribution in [0.1, 0.15) is 45.1 Å². The van der Waals surface area contributed by atoms with Gasteiger partial charge in [-0.3, -0.25) is 4.79 Å². The molecule has 0 heterocycles. The summed E-state index contributed by atoms with van der Waals surface area (Å²) >= 11 is 5.75. The Morgan fingerprint density at radius 1 is 1.26 bits per heavy atom. The lowest BCUT2D eigenvalue weighted by molar-refractivity contribution is -0.134. The third-order valence-electron chi connectivity index (χ3n) is 3.35. The summed E-state index contributed by atoms with van der Waals surface area (Å²) in [5.41, 5.74) is 1.10. The van der Waals surface area contributed by atoms with Gasteiger partial charge < -0.3 is 4.90 Å². The maximum Gasteiger partial charge on any atom is 0.230 e. The molecule has 0 saturated carbocycles. The van der Waals surface area contributed by atoms with Crippen LogP contribution in [0.25, 0.3) is 0 Å². The van der Waals surface area contributed by atoms with Gasteiger partial charge in [-0.15, -0.1) is 11.6 Å². The van der Waals surface area contributed by atoms with Crippen LogP contribution in [0.15, 0.2) is 30.3 Å². The Kier molecular flexibility index (Phi) is 6.93. The van der Waals surface area contributed by atoms with Gasteiger partial charge in [0.2, 0.25) is 5.91 Å². The minimum atomic E-state index is -0.0427. The Labute approximate surface area is 121 Å². The zero-order chi connectivity index (χ0) is 14.3. The molecule has 1 unspecified atom stereocenters. The molecule has 1 aromatic rings. The normalized spacial score (nSPS) is 12.5. The Morgan fingerprint density at radius 3 is 2.37 bits per heavy atom. The Hall–Kier alpha value is -1.02. The fourth-order valence-corrected chi connectivity index (χ4v) is 2.41. The van der Waals surface area contributed by atoms with Crippen molar-refractivity contribution in [3.8, 4) is 0 Å². The van der Waals surface area contributed by atoms with Crippen LogP contribution in [0, 0.1) is 0 Å². The average Bonchev–Trinajstić information content (AvgIpc) is 2.41. The second-order valence-electron chi connectivity index (χ2n) is 5.04. The quantitative estimate of drug-likeness (QED) is 0.691. The maximum absolute atomic E-state index is 12.7. The molecule has 0 radical (unpaired) electrons. The number of nitrogens with zero attached hydrogens (tertiary/aromatic N) is 1. The van der Waals surface area contributed by atoms with Gasteiger partial charge in [0.1, 0.15) is 0 Å². The molecular weight excluding hydrogens is 258 g/mol. The monoisotopic (exact) mass is 281 g/mol. The van der Waals surface area contributed by atoms with Gasteiger partial charge in [-0.1, -0.05) is 37.3 Å². The predicted molar refractivity (Wildman–Crippen MR) is 81.7 cm³/mol. The predicted octanol–water partition coefficient (Wildman–Crippen LogP) is 4.05. The minimum absolute atomic E-state index is 0.0427. The molecule has 1 aromatic carbocycles. The summed E-state index contributed by atoms with van der Waals surface area (Å²) in [7, 11) is 0. The molecule has 0 aromatic heterocycles. The Morgan fingerprint density at radius 2 is 1.89 bits per heavy atom. The molecule has 0 N–H and O–H groups in total. The number of carbonyl (C=O) groups excluding carboxylic acids is 1. The summed E-state index contributed by atoms with van der Waals surface area (Å²) in [5, 5.41) is 0. The number of hydrogen-bond donors (Lipinski definition) is 0. The summed E-state index contributed by atoms with van der Waals surface area (Å²) in [6, 6.07) is 10.2. The summed E-state index contributed by atoms with van der Waals surface area (Å²) < 4.78 is 0. The molecular formula is C16H24ClNO. The van der Waals surface area contributed by atoms with E-state index in [4.69, 9.17) is 11.6 Å². The maximum atomic E-state index is 12.7. The highest BCUT2D eigenvalue weighted by atomic mass is 35.5. The number of hydrogen-bond acceptors (Lipinski definition) is 1. The van der Waals surface area contributed by atoms with Crippen molar-refractivity contribution in [2.45, 2.75) is 45.6 Å². The van der Waals surface area contributed by atoms with Crippen LogP contribution in [0.2, 0.25) is 0 Å². The minimum Gasteiger partial charge on any atom is -0.340 e. The first-order valence-corrected chi connectivity index (χ1v) is 7.56. The largest absolute Gasteiger partial charge is 0.340 e. The lowest BCUT2D eigenvalue weighted by atomic mass is 9.94. The van der Waals surface area contributed by atoms with Crippen LogP contribution in [-0.4, -0.2) is 29.3 Å². The third-order valence-corrected chi connectivity index (χ3v) is 3.61. The van der Waals surface area contributed by atoms with Crippen molar-refractivity contribution >= 4 is 17.5 Å². The van der Waals surface area contributed by atoms with E-state index in [9.17, 15) is 4.79 Å². The molecule has 0 aliphatic rings. The van der Waals surface area contributed by atoms with Crippen LogP contribution >= 0.6 is 11.6 Å². The van der Waals surface area contributed by atoms with Gasteiger partial charge in [0.15, 0.2) is 0 Å². The molecule has 0 aliphatic carbocycles. The van der Waals surface area contributed by atoms with Crippen molar-refractivity contribution in [3.63, 3.8) is 0 Å². The van der Waals surface area contributed by atoms with Crippen molar-refractivity contribution in [2.75, 3.05) is 12.4 Å². The van der Waals surface area contributed by atoms with E-state index in [0.717, 1.165) is 24.9 Å². The van der Waals surface area contributed by atoms with E-state index < -0.39 is 0 Å². The van der Waals surface area contributed by atoms with E-state index in [1.807, 2.05) is 35.2 Å². The molecule has 2 nitrogen and oxygen atoms in total. The number of amides is 1. The Balaban J connectivity index is 2.86. The number of rotatable bonds is 7. The highest BCUT2D eigenvalue weighted by Gasteiger charge is 2.25. The molecule has 106 valence electrons. The number of carbonyl (C=O) groups is 1. The van der Waals surface area contributed by atoms with Crippen molar-refractivity contribution < 1.29 is 4.79 Å². The van der Waals surface area contributed by atoms with Gasteiger partial charge in [0.25, 0.3) is 0 Å². The van der Waals surface area contributed by atoms with Crippen LogP contribution < -0.4 is 0 Å². The first-order chi connectivity index (χ1) is 9.11. The second-order valence-corrected chi connectivity index (χ2v) is 5.42. The molecule has 1 rings (SSSR count). The van der Waals surface area contributed by atoms with Gasteiger partial charge >= 0.3 is 0 Å². The smallest absolute Gasteiger partial charge is 0.230 e. The van der Waals surface area contributed by atoms with E-state index in [1.54, 1.807) is 0 Å². The summed E-state index contributed by atoms with van der Waals surface area (Å²) in [5.74, 6) is 0.770. The molecule has 3 heteroatoms. The molecule has 0 aliphatic heterocycles. The molecule has 0 fully saturated rings. The van der Waals surface area contributed by atoms with E-state index >= 15 is 0 Å². The molecule has 1 atom stereocenters. The number of alkyl halides is 1. The summed E-state index contributed by atoms with van der Waals surface area (Å²) in [4.78, 5) is 14.7. The topological polar surface area (TPSA) is 20.3 Å². The van der Waals surface area contributed by atoms with Gasteiger partial charge in [-0.2, -0.15) is 0 Å². The molecule has 0 spiro atoms. The molecule has 0 saturated heterocycles. The second kappa shape index (κ2) is 8.21. The van der Waals surface area contributed by atoms with Gasteiger partial charge in [0, 0.05) is 18.5 Å². The van der Waals surface area contributed by atoms with Crippen LogP contribution in [0.5, 0.6) is 0 Å². The third kappa shape index (κ3) is 4.54.